The molecule has 0 aliphatic heterocycles. The summed E-state index contributed by atoms with van der Waals surface area (Å²) < 4.78 is 7.38. The van der Waals surface area contributed by atoms with Gasteiger partial charge in [-0.15, -0.1) is 0 Å². The first-order chi connectivity index (χ1) is 5.95. The number of furan rings is 1. The van der Waals surface area contributed by atoms with Gasteiger partial charge in [-0.25, -0.2) is 0 Å². The van der Waals surface area contributed by atoms with Gasteiger partial charge in [0.15, 0.2) is 5.58 Å². The van der Waals surface area contributed by atoms with E-state index in [9.17, 15) is 0 Å². The molecule has 3 heterocycles. The van der Waals surface area contributed by atoms with E-state index in [2.05, 4.69) is 10.5 Å². The summed E-state index contributed by atoms with van der Waals surface area (Å²) in [5.74, 6) is 0. The summed E-state index contributed by atoms with van der Waals surface area (Å²) in [6.45, 7) is 0. The highest BCUT2D eigenvalue weighted by atomic mass is 16.3. The molecule has 0 aliphatic carbocycles. The second-order valence-corrected chi connectivity index (χ2v) is 2.81. The predicted octanol–water partition coefficient (Wildman–Crippen LogP) is 2.69. The smallest absolute Gasteiger partial charge is 0.150 e. The van der Waals surface area contributed by atoms with Crippen molar-refractivity contribution >= 4 is 16.6 Å². The predicted molar refractivity (Wildman–Crippen MR) is 47.2 cm³/mol. The lowest BCUT2D eigenvalue weighted by Gasteiger charge is -1.94. The van der Waals surface area contributed by atoms with Gasteiger partial charge >= 0.3 is 0 Å². The van der Waals surface area contributed by atoms with Gasteiger partial charge in [0.25, 0.3) is 0 Å². The third-order valence-electron chi connectivity index (χ3n) is 2.12. The highest BCUT2D eigenvalue weighted by Gasteiger charge is 1.99. The van der Waals surface area contributed by atoms with Crippen LogP contribution in [0.5, 0.6) is 0 Å². The second kappa shape index (κ2) is 1.91. The Balaban J connectivity index is 2.71. The third-order valence-corrected chi connectivity index (χ3v) is 2.12. The van der Waals surface area contributed by atoms with Gasteiger partial charge in [0.2, 0.25) is 0 Å². The summed E-state index contributed by atoms with van der Waals surface area (Å²) in [5.41, 5.74) is 3.25. The maximum Gasteiger partial charge on any atom is 0.150 e. The topological polar surface area (TPSA) is 17.6 Å². The van der Waals surface area contributed by atoms with Crippen molar-refractivity contribution < 1.29 is 4.42 Å². The van der Waals surface area contributed by atoms with Crippen LogP contribution in [0.2, 0.25) is 0 Å². The first kappa shape index (κ1) is 5.89. The quantitative estimate of drug-likeness (QED) is 0.490. The van der Waals surface area contributed by atoms with E-state index in [1.54, 1.807) is 6.26 Å². The molecule has 0 aromatic carbocycles. The van der Waals surface area contributed by atoms with Crippen molar-refractivity contribution in [2.24, 2.45) is 0 Å². The Morgan fingerprint density at radius 3 is 3.08 bits per heavy atom. The molecule has 3 rings (SSSR count). The van der Waals surface area contributed by atoms with Crippen molar-refractivity contribution in [1.29, 1.82) is 0 Å². The fraction of sp³-hybridized carbons (Fsp3) is 0. The first-order valence-corrected chi connectivity index (χ1v) is 3.88. The number of aromatic nitrogens is 1. The van der Waals surface area contributed by atoms with Gasteiger partial charge in [-0.2, -0.15) is 0 Å². The Hall–Kier alpha value is -1.70. The maximum atomic E-state index is 5.27. The molecule has 2 heteroatoms. The highest BCUT2D eigenvalue weighted by Crippen LogP contribution is 2.17. The molecule has 0 aliphatic rings. The van der Waals surface area contributed by atoms with Crippen LogP contribution >= 0.6 is 0 Å². The molecule has 3 aromatic rings. The Morgan fingerprint density at radius 1 is 1.08 bits per heavy atom. The van der Waals surface area contributed by atoms with Gasteiger partial charge in [0, 0.05) is 17.8 Å². The van der Waals surface area contributed by atoms with Crippen molar-refractivity contribution in [2.75, 3.05) is 0 Å². The molecular weight excluding hydrogens is 150 g/mol. The van der Waals surface area contributed by atoms with Gasteiger partial charge in [-0.1, -0.05) is 0 Å². The van der Waals surface area contributed by atoms with Crippen LogP contribution in [0.3, 0.4) is 0 Å². The minimum absolute atomic E-state index is 0.929. The van der Waals surface area contributed by atoms with Crippen LogP contribution in [0, 0.1) is 0 Å². The van der Waals surface area contributed by atoms with Crippen molar-refractivity contribution in [3.63, 3.8) is 0 Å². The number of pyridine rings is 1. The van der Waals surface area contributed by atoms with E-state index in [4.69, 9.17) is 4.42 Å². The van der Waals surface area contributed by atoms with Crippen LogP contribution < -0.4 is 0 Å². The summed E-state index contributed by atoms with van der Waals surface area (Å²) in [4.78, 5) is 0. The molecule has 0 fully saturated rings. The second-order valence-electron chi connectivity index (χ2n) is 2.81. The number of nitrogens with zero attached hydrogens (tertiary/aromatic N) is 1. The average molecular weight is 157 g/mol. The lowest BCUT2D eigenvalue weighted by Crippen LogP contribution is -1.80. The molecule has 0 bridgehead atoms. The molecule has 2 nitrogen and oxygen atoms in total. The standard InChI is InChI=1S/C10H7NO/c1-2-8-3-4-10-9(5-7-12-10)11(8)6-1/h1-7H. The molecule has 0 atom stereocenters. The van der Waals surface area contributed by atoms with E-state index < -0.39 is 0 Å². The van der Waals surface area contributed by atoms with Crippen LogP contribution in [-0.2, 0) is 0 Å². The molecule has 0 amide bonds. The normalized spacial score (nSPS) is 11.3. The zero-order valence-corrected chi connectivity index (χ0v) is 6.40. The van der Waals surface area contributed by atoms with Gasteiger partial charge in [0.05, 0.1) is 11.8 Å². The van der Waals surface area contributed by atoms with Crippen molar-refractivity contribution in [3.05, 3.63) is 42.8 Å². The Kier molecular flexibility index (Phi) is 0.939. The summed E-state index contributed by atoms with van der Waals surface area (Å²) in [7, 11) is 0. The molecule has 0 unspecified atom stereocenters. The molecule has 0 radical (unpaired) electrons. The number of hydrogen-bond acceptors (Lipinski definition) is 1. The fourth-order valence-corrected chi connectivity index (χ4v) is 1.55. The lowest BCUT2D eigenvalue weighted by molar-refractivity contribution is 0.615. The van der Waals surface area contributed by atoms with E-state index in [0.717, 1.165) is 11.1 Å². The molecule has 3 aromatic heterocycles. The summed E-state index contributed by atoms with van der Waals surface area (Å²) in [6, 6.07) is 10.1. The molecule has 0 spiro atoms. The maximum absolute atomic E-state index is 5.27. The minimum Gasteiger partial charge on any atom is -0.463 e. The molecule has 0 saturated carbocycles. The van der Waals surface area contributed by atoms with E-state index >= 15 is 0 Å². The number of rotatable bonds is 0. The SMILES string of the molecule is c1cc2ccc3occc3n2c1. The fourth-order valence-electron chi connectivity index (χ4n) is 1.55. The van der Waals surface area contributed by atoms with Crippen LogP contribution in [0.4, 0.5) is 0 Å². The van der Waals surface area contributed by atoms with Crippen LogP contribution in [-0.4, -0.2) is 4.40 Å². The molecule has 0 saturated heterocycles. The monoisotopic (exact) mass is 157 g/mol. The molecular formula is C10H7NO. The minimum atomic E-state index is 0.929. The van der Waals surface area contributed by atoms with Crippen LogP contribution in [0.1, 0.15) is 0 Å². The van der Waals surface area contributed by atoms with Gasteiger partial charge in [0.1, 0.15) is 0 Å². The van der Waals surface area contributed by atoms with E-state index in [0.29, 0.717) is 0 Å². The first-order valence-electron chi connectivity index (χ1n) is 3.88. The van der Waals surface area contributed by atoms with Crippen molar-refractivity contribution in [2.45, 2.75) is 0 Å². The van der Waals surface area contributed by atoms with E-state index in [1.165, 1.54) is 5.52 Å². The zero-order valence-electron chi connectivity index (χ0n) is 6.40. The van der Waals surface area contributed by atoms with E-state index in [-0.39, 0.29) is 0 Å². The summed E-state index contributed by atoms with van der Waals surface area (Å²) in [6.07, 6.45) is 3.75. The average Bonchev–Trinajstić information content (AvgIpc) is 2.71. The molecule has 0 N–H and O–H groups in total. The third kappa shape index (κ3) is 0.593. The van der Waals surface area contributed by atoms with Gasteiger partial charge in [-0.3, -0.25) is 0 Å². The Morgan fingerprint density at radius 2 is 2.08 bits per heavy atom. The van der Waals surface area contributed by atoms with Gasteiger partial charge in [-0.05, 0) is 24.3 Å². The van der Waals surface area contributed by atoms with Crippen molar-refractivity contribution in [3.8, 4) is 0 Å². The summed E-state index contributed by atoms with van der Waals surface area (Å²) >= 11 is 0. The van der Waals surface area contributed by atoms with Crippen molar-refractivity contribution in [1.82, 2.24) is 4.40 Å². The molecule has 58 valence electrons. The lowest BCUT2D eigenvalue weighted by atomic mass is 10.3. The van der Waals surface area contributed by atoms with Crippen LogP contribution in [0.15, 0.2) is 47.2 Å². The highest BCUT2D eigenvalue weighted by molar-refractivity contribution is 5.77. The Labute approximate surface area is 69.0 Å². The van der Waals surface area contributed by atoms with E-state index in [1.807, 2.05) is 30.5 Å². The van der Waals surface area contributed by atoms with Gasteiger partial charge < -0.3 is 8.82 Å². The largest absolute Gasteiger partial charge is 0.463 e. The molecule has 12 heavy (non-hydrogen) atoms. The number of hydrogen-bond donors (Lipinski definition) is 0. The zero-order chi connectivity index (χ0) is 7.97. The number of fused-ring (bicyclic) bond motifs is 3. The Bertz CT molecular complexity index is 483. The van der Waals surface area contributed by atoms with Crippen LogP contribution in [0.25, 0.3) is 16.6 Å². The summed E-state index contributed by atoms with van der Waals surface area (Å²) in [5, 5.41) is 0.